The predicted octanol–water partition coefficient (Wildman–Crippen LogP) is 3.18. The fourth-order valence-corrected chi connectivity index (χ4v) is 2.42. The minimum atomic E-state index is -4.55. The van der Waals surface area contributed by atoms with Crippen LogP contribution < -0.4 is 10.6 Å². The van der Waals surface area contributed by atoms with Gasteiger partial charge in [0.25, 0.3) is 0 Å². The minimum Gasteiger partial charge on any atom is -0.325 e. The Bertz CT molecular complexity index is 766. The molecule has 0 spiro atoms. The molecule has 1 aromatic heterocycles. The largest absolute Gasteiger partial charge is 0.418 e. The second-order valence-electron chi connectivity index (χ2n) is 4.82. The van der Waals surface area contributed by atoms with E-state index in [2.05, 4.69) is 20.8 Å². The highest BCUT2D eigenvalue weighted by Gasteiger charge is 2.33. The van der Waals surface area contributed by atoms with Gasteiger partial charge in [-0.2, -0.15) is 13.2 Å². The van der Waals surface area contributed by atoms with Gasteiger partial charge < -0.3 is 10.6 Å². The number of nitrogens with one attached hydrogen (secondary N) is 2. The van der Waals surface area contributed by atoms with E-state index in [1.54, 1.807) is 6.07 Å². The maximum atomic E-state index is 12.9. The van der Waals surface area contributed by atoms with Crippen LogP contribution in [-0.4, -0.2) is 27.8 Å². The Morgan fingerprint density at radius 1 is 1.08 bits per heavy atom. The average Bonchev–Trinajstić information content (AvgIpc) is 2.53. The van der Waals surface area contributed by atoms with Crippen LogP contribution in [-0.2, 0) is 15.8 Å². The topological polar surface area (TPSA) is 84.0 Å². The highest BCUT2D eigenvalue weighted by molar-refractivity contribution is 7.99. The van der Waals surface area contributed by atoms with Crippen molar-refractivity contribution in [2.45, 2.75) is 18.1 Å². The zero-order valence-corrected chi connectivity index (χ0v) is 13.7. The van der Waals surface area contributed by atoms with Gasteiger partial charge in [0.1, 0.15) is 5.03 Å². The fraction of sp³-hybridized carbons (Fsp3) is 0.200. The first-order chi connectivity index (χ1) is 11.8. The molecule has 0 atom stereocenters. The number of alkyl halides is 3. The molecule has 25 heavy (non-hydrogen) atoms. The number of amides is 2. The lowest BCUT2D eigenvalue weighted by Gasteiger charge is -2.13. The van der Waals surface area contributed by atoms with E-state index >= 15 is 0 Å². The molecular formula is C15H13F3N4O2S. The highest BCUT2D eigenvalue weighted by atomic mass is 32.2. The molecule has 0 unspecified atom stereocenters. The molecule has 0 aliphatic heterocycles. The van der Waals surface area contributed by atoms with Gasteiger partial charge in [0.15, 0.2) is 5.82 Å². The number of para-hydroxylation sites is 1. The summed E-state index contributed by atoms with van der Waals surface area (Å²) >= 11 is 1.01. The zero-order valence-electron chi connectivity index (χ0n) is 12.9. The lowest BCUT2D eigenvalue weighted by molar-refractivity contribution is -0.137. The third-order valence-electron chi connectivity index (χ3n) is 2.80. The number of anilines is 2. The van der Waals surface area contributed by atoms with Crippen molar-refractivity contribution in [1.82, 2.24) is 10.2 Å². The number of nitrogens with zero attached hydrogens (tertiary/aromatic N) is 2. The Balaban J connectivity index is 1.94. The van der Waals surface area contributed by atoms with Crippen molar-refractivity contribution in [2.24, 2.45) is 0 Å². The zero-order chi connectivity index (χ0) is 18.4. The van der Waals surface area contributed by atoms with Crippen molar-refractivity contribution in [2.75, 3.05) is 16.4 Å². The summed E-state index contributed by atoms with van der Waals surface area (Å²) in [5.41, 5.74) is -1.21. The molecule has 1 heterocycles. The third-order valence-corrected chi connectivity index (χ3v) is 3.72. The van der Waals surface area contributed by atoms with Crippen LogP contribution in [0.3, 0.4) is 0 Å². The standard InChI is InChI=1S/C15H13F3N4O2S/c1-9(23)19-12-6-7-14(22-21-12)25-8-13(24)20-11-5-3-2-4-10(11)15(16,17)18/h2-7H,8H2,1H3,(H,20,24)(H,19,21,23). The summed E-state index contributed by atoms with van der Waals surface area (Å²) in [7, 11) is 0. The molecule has 2 N–H and O–H groups in total. The fourth-order valence-electron chi connectivity index (χ4n) is 1.81. The normalized spacial score (nSPS) is 11.0. The lowest BCUT2D eigenvalue weighted by atomic mass is 10.1. The van der Waals surface area contributed by atoms with E-state index in [9.17, 15) is 22.8 Å². The molecule has 0 bridgehead atoms. The molecule has 132 valence electrons. The van der Waals surface area contributed by atoms with E-state index in [0.29, 0.717) is 5.03 Å². The Morgan fingerprint density at radius 2 is 1.80 bits per heavy atom. The van der Waals surface area contributed by atoms with Crippen LogP contribution >= 0.6 is 11.8 Å². The molecule has 0 saturated carbocycles. The number of benzene rings is 1. The Labute approximate surface area is 145 Å². The number of rotatable bonds is 5. The number of aromatic nitrogens is 2. The third kappa shape index (κ3) is 5.75. The first-order valence-electron chi connectivity index (χ1n) is 6.96. The highest BCUT2D eigenvalue weighted by Crippen LogP contribution is 2.34. The van der Waals surface area contributed by atoms with Gasteiger partial charge in [-0.25, -0.2) is 0 Å². The molecule has 1 aromatic carbocycles. The lowest BCUT2D eigenvalue weighted by Crippen LogP contribution is -2.18. The Hall–Kier alpha value is -2.62. The number of hydrogen-bond acceptors (Lipinski definition) is 5. The Kier molecular flexibility index (Phi) is 5.97. The SMILES string of the molecule is CC(=O)Nc1ccc(SCC(=O)Nc2ccccc2C(F)(F)F)nn1. The van der Waals surface area contributed by atoms with Crippen LogP contribution in [0.4, 0.5) is 24.7 Å². The number of carbonyl (C=O) groups excluding carboxylic acids is 2. The van der Waals surface area contributed by atoms with Gasteiger partial charge in [0.2, 0.25) is 11.8 Å². The quantitative estimate of drug-likeness (QED) is 0.790. The molecule has 2 amide bonds. The van der Waals surface area contributed by atoms with Gasteiger partial charge in [-0.3, -0.25) is 9.59 Å². The molecule has 6 nitrogen and oxygen atoms in total. The minimum absolute atomic E-state index is 0.139. The van der Waals surface area contributed by atoms with Crippen LogP contribution in [0.1, 0.15) is 12.5 Å². The summed E-state index contributed by atoms with van der Waals surface area (Å²) in [5.74, 6) is -0.771. The van der Waals surface area contributed by atoms with E-state index in [1.807, 2.05) is 0 Å². The predicted molar refractivity (Wildman–Crippen MR) is 87.1 cm³/mol. The Morgan fingerprint density at radius 3 is 2.40 bits per heavy atom. The second-order valence-corrected chi connectivity index (χ2v) is 5.81. The molecule has 0 aliphatic rings. The van der Waals surface area contributed by atoms with Crippen molar-refractivity contribution in [3.8, 4) is 0 Å². The molecule has 2 aromatic rings. The van der Waals surface area contributed by atoms with Crippen molar-refractivity contribution in [3.63, 3.8) is 0 Å². The molecule has 2 rings (SSSR count). The molecular weight excluding hydrogens is 357 g/mol. The maximum absolute atomic E-state index is 12.9. The van der Waals surface area contributed by atoms with Crippen LogP contribution in [0, 0.1) is 0 Å². The summed E-state index contributed by atoms with van der Waals surface area (Å²) in [6.07, 6.45) is -4.55. The summed E-state index contributed by atoms with van der Waals surface area (Å²) in [4.78, 5) is 22.7. The average molecular weight is 370 g/mol. The van der Waals surface area contributed by atoms with Gasteiger partial charge in [0.05, 0.1) is 17.0 Å². The van der Waals surface area contributed by atoms with Crippen LogP contribution in [0.15, 0.2) is 41.4 Å². The van der Waals surface area contributed by atoms with Gasteiger partial charge in [-0.05, 0) is 24.3 Å². The van der Waals surface area contributed by atoms with Crippen LogP contribution in [0.5, 0.6) is 0 Å². The smallest absolute Gasteiger partial charge is 0.325 e. The number of hydrogen-bond donors (Lipinski definition) is 2. The van der Waals surface area contributed by atoms with Gasteiger partial charge in [0, 0.05) is 6.92 Å². The first-order valence-corrected chi connectivity index (χ1v) is 7.94. The van der Waals surface area contributed by atoms with E-state index in [0.717, 1.165) is 17.8 Å². The summed E-state index contributed by atoms with van der Waals surface area (Å²) in [6.45, 7) is 1.33. The van der Waals surface area contributed by atoms with Gasteiger partial charge in [-0.15, -0.1) is 10.2 Å². The summed E-state index contributed by atoms with van der Waals surface area (Å²) in [6, 6.07) is 7.79. The molecule has 0 aliphatic carbocycles. The second kappa shape index (κ2) is 7.97. The van der Waals surface area contributed by atoms with Crippen molar-refractivity contribution < 1.29 is 22.8 Å². The maximum Gasteiger partial charge on any atom is 0.418 e. The van der Waals surface area contributed by atoms with E-state index in [4.69, 9.17) is 0 Å². The summed E-state index contributed by atoms with van der Waals surface area (Å²) in [5, 5.41) is 12.6. The van der Waals surface area contributed by atoms with Crippen molar-refractivity contribution in [1.29, 1.82) is 0 Å². The molecule has 0 radical (unpaired) electrons. The van der Waals surface area contributed by atoms with Crippen molar-refractivity contribution in [3.05, 3.63) is 42.0 Å². The van der Waals surface area contributed by atoms with Crippen LogP contribution in [0.2, 0.25) is 0 Å². The number of thioether (sulfide) groups is 1. The van der Waals surface area contributed by atoms with Gasteiger partial charge in [-0.1, -0.05) is 23.9 Å². The van der Waals surface area contributed by atoms with Crippen LogP contribution in [0.25, 0.3) is 0 Å². The van der Waals surface area contributed by atoms with E-state index < -0.39 is 17.6 Å². The molecule has 10 heteroatoms. The van der Waals surface area contributed by atoms with E-state index in [-0.39, 0.29) is 23.2 Å². The van der Waals surface area contributed by atoms with E-state index in [1.165, 1.54) is 31.2 Å². The number of carbonyl (C=O) groups is 2. The first kappa shape index (κ1) is 18.7. The van der Waals surface area contributed by atoms with Crippen molar-refractivity contribution >= 4 is 35.1 Å². The number of halogens is 3. The molecule has 0 saturated heterocycles. The molecule has 0 fully saturated rings. The monoisotopic (exact) mass is 370 g/mol. The summed E-state index contributed by atoms with van der Waals surface area (Å²) < 4.78 is 38.6. The van der Waals surface area contributed by atoms with Gasteiger partial charge >= 0.3 is 6.18 Å².